The molecule has 0 bridgehead atoms. The van der Waals surface area contributed by atoms with Crippen LogP contribution < -0.4 is 5.32 Å². The average molecular weight is 307 g/mol. The van der Waals surface area contributed by atoms with Gasteiger partial charge in [0.2, 0.25) is 0 Å². The first kappa shape index (κ1) is 16.4. The number of carboxylic acids is 1. The van der Waals surface area contributed by atoms with Gasteiger partial charge in [-0.2, -0.15) is 13.2 Å². The summed E-state index contributed by atoms with van der Waals surface area (Å²) in [7, 11) is 0. The Balaban J connectivity index is 2.73. The predicted molar refractivity (Wildman–Crippen MR) is 67.5 cm³/mol. The summed E-state index contributed by atoms with van der Waals surface area (Å²) >= 11 is -0.281. The van der Waals surface area contributed by atoms with E-state index in [0.717, 1.165) is 12.1 Å². The number of alkyl halides is 3. The lowest BCUT2D eigenvalue weighted by atomic mass is 10.1. The molecule has 1 aromatic rings. The van der Waals surface area contributed by atoms with Gasteiger partial charge in [-0.15, -0.1) is 0 Å². The summed E-state index contributed by atoms with van der Waals surface area (Å²) in [4.78, 5) is 22.4. The fourth-order valence-corrected chi connectivity index (χ4v) is 1.93. The minimum atomic E-state index is -4.39. The number of carboxylic acid groups (broad SMARTS) is 1. The number of halogens is 3. The zero-order valence-electron chi connectivity index (χ0n) is 10.4. The Morgan fingerprint density at radius 1 is 1.30 bits per heavy atom. The second-order valence-electron chi connectivity index (χ2n) is 3.84. The quantitative estimate of drug-likeness (QED) is 0.821. The first-order valence-electron chi connectivity index (χ1n) is 5.62. The molecule has 0 heterocycles. The van der Waals surface area contributed by atoms with Gasteiger partial charge in [-0.05, 0) is 42.4 Å². The number of benzene rings is 1. The number of aliphatic carboxylic acids is 1. The van der Waals surface area contributed by atoms with Gasteiger partial charge in [-0.25, -0.2) is 4.79 Å². The average Bonchev–Trinajstić information content (AvgIpc) is 2.34. The number of hydrogen-bond acceptors (Lipinski definition) is 3. The second kappa shape index (κ2) is 6.65. The summed E-state index contributed by atoms with van der Waals surface area (Å²) in [6.07, 6.45) is 0.211. The highest BCUT2D eigenvalue weighted by Crippen LogP contribution is 2.36. The maximum absolute atomic E-state index is 12.1. The van der Waals surface area contributed by atoms with E-state index in [0.29, 0.717) is 0 Å². The largest absolute Gasteiger partial charge is 0.480 e. The van der Waals surface area contributed by atoms with Crippen molar-refractivity contribution in [1.82, 2.24) is 5.32 Å². The summed E-state index contributed by atoms with van der Waals surface area (Å²) in [6, 6.07) is 3.74. The van der Waals surface area contributed by atoms with Crippen LogP contribution in [-0.2, 0) is 4.79 Å². The molecule has 0 saturated carbocycles. The summed E-state index contributed by atoms with van der Waals surface area (Å²) in [5.74, 6) is -1.80. The van der Waals surface area contributed by atoms with Gasteiger partial charge in [0.1, 0.15) is 6.04 Å². The molecule has 0 aliphatic heterocycles. The molecule has 1 amide bonds. The fourth-order valence-electron chi connectivity index (χ4n) is 1.39. The van der Waals surface area contributed by atoms with E-state index >= 15 is 0 Å². The lowest BCUT2D eigenvalue weighted by Gasteiger charge is -2.12. The second-order valence-corrected chi connectivity index (χ2v) is 4.98. The predicted octanol–water partition coefficient (Wildman–Crippen LogP) is 2.89. The van der Waals surface area contributed by atoms with Crippen LogP contribution in [0.3, 0.4) is 0 Å². The van der Waals surface area contributed by atoms with Crippen LogP contribution in [0.5, 0.6) is 0 Å². The van der Waals surface area contributed by atoms with Crippen molar-refractivity contribution in [1.29, 1.82) is 0 Å². The normalized spacial score (nSPS) is 12.8. The smallest absolute Gasteiger partial charge is 0.446 e. The maximum atomic E-state index is 12.1. The summed E-state index contributed by atoms with van der Waals surface area (Å²) in [6.45, 7) is 1.60. The van der Waals surface area contributed by atoms with Crippen LogP contribution in [0.1, 0.15) is 23.7 Å². The molecule has 0 aromatic heterocycles. The Morgan fingerprint density at radius 3 is 2.25 bits per heavy atom. The number of carbonyl (C=O) groups is 2. The van der Waals surface area contributed by atoms with Gasteiger partial charge in [0.05, 0.1) is 0 Å². The molecule has 0 unspecified atom stereocenters. The molecule has 0 radical (unpaired) electrons. The van der Waals surface area contributed by atoms with E-state index in [1.54, 1.807) is 6.92 Å². The van der Waals surface area contributed by atoms with E-state index in [1.165, 1.54) is 12.1 Å². The standard InChI is InChI=1S/C12H12F3NO3S/c1-2-9(11(18)19)16-10(17)7-3-5-8(6-4-7)20-12(13,14)15/h3-6,9H,2H2,1H3,(H,16,17)(H,18,19)/t9-/m0/s1. The third-order valence-electron chi connectivity index (χ3n) is 2.36. The number of nitrogens with one attached hydrogen (secondary N) is 1. The van der Waals surface area contributed by atoms with E-state index < -0.39 is 23.4 Å². The third kappa shape index (κ3) is 5.12. The fraction of sp³-hybridized carbons (Fsp3) is 0.333. The van der Waals surface area contributed by atoms with Crippen LogP contribution in [0.15, 0.2) is 29.2 Å². The number of rotatable bonds is 5. The Hall–Kier alpha value is -1.70. The Kier molecular flexibility index (Phi) is 5.43. The van der Waals surface area contributed by atoms with Crippen LogP contribution in [0.4, 0.5) is 13.2 Å². The topological polar surface area (TPSA) is 66.4 Å². The van der Waals surface area contributed by atoms with Gasteiger partial charge in [0.25, 0.3) is 5.91 Å². The van der Waals surface area contributed by atoms with Crippen LogP contribution in [0, 0.1) is 0 Å². The van der Waals surface area contributed by atoms with E-state index in [-0.39, 0.29) is 28.6 Å². The SMILES string of the molecule is CC[C@H](NC(=O)c1ccc(SC(F)(F)F)cc1)C(=O)O. The molecular weight excluding hydrogens is 295 g/mol. The number of carbonyl (C=O) groups excluding carboxylic acids is 1. The van der Waals surface area contributed by atoms with Crippen LogP contribution in [0.25, 0.3) is 0 Å². The molecule has 1 atom stereocenters. The molecule has 0 aliphatic carbocycles. The van der Waals surface area contributed by atoms with Crippen molar-refractivity contribution >= 4 is 23.6 Å². The van der Waals surface area contributed by atoms with Crippen molar-refractivity contribution < 1.29 is 27.9 Å². The van der Waals surface area contributed by atoms with Crippen LogP contribution in [-0.4, -0.2) is 28.5 Å². The minimum Gasteiger partial charge on any atom is -0.480 e. The van der Waals surface area contributed by atoms with Crippen molar-refractivity contribution in [3.63, 3.8) is 0 Å². The number of thioether (sulfide) groups is 1. The van der Waals surface area contributed by atoms with Gasteiger partial charge < -0.3 is 10.4 Å². The number of hydrogen-bond donors (Lipinski definition) is 2. The molecule has 0 saturated heterocycles. The van der Waals surface area contributed by atoms with Crippen LogP contribution >= 0.6 is 11.8 Å². The summed E-state index contributed by atoms with van der Waals surface area (Å²) < 4.78 is 36.4. The van der Waals surface area contributed by atoms with Gasteiger partial charge >= 0.3 is 11.5 Å². The van der Waals surface area contributed by atoms with Crippen molar-refractivity contribution in [3.05, 3.63) is 29.8 Å². The molecule has 0 aliphatic rings. The van der Waals surface area contributed by atoms with E-state index in [2.05, 4.69) is 5.32 Å². The minimum absolute atomic E-state index is 0.0423. The van der Waals surface area contributed by atoms with E-state index in [9.17, 15) is 22.8 Å². The number of amides is 1. The van der Waals surface area contributed by atoms with Crippen molar-refractivity contribution in [2.45, 2.75) is 29.8 Å². The molecule has 8 heteroatoms. The van der Waals surface area contributed by atoms with Gasteiger partial charge in [-0.3, -0.25) is 4.79 Å². The lowest BCUT2D eigenvalue weighted by Crippen LogP contribution is -2.40. The monoisotopic (exact) mass is 307 g/mol. The van der Waals surface area contributed by atoms with E-state index in [4.69, 9.17) is 5.11 Å². The Bertz CT molecular complexity index is 488. The van der Waals surface area contributed by atoms with E-state index in [1.807, 2.05) is 0 Å². The van der Waals surface area contributed by atoms with Crippen molar-refractivity contribution in [2.75, 3.05) is 0 Å². The maximum Gasteiger partial charge on any atom is 0.446 e. The van der Waals surface area contributed by atoms with Gasteiger partial charge in [-0.1, -0.05) is 6.92 Å². The van der Waals surface area contributed by atoms with Crippen molar-refractivity contribution in [3.8, 4) is 0 Å². The molecule has 110 valence electrons. The molecule has 0 fully saturated rings. The zero-order chi connectivity index (χ0) is 15.3. The molecule has 20 heavy (non-hydrogen) atoms. The lowest BCUT2D eigenvalue weighted by molar-refractivity contribution is -0.139. The zero-order valence-corrected chi connectivity index (χ0v) is 11.2. The molecule has 0 spiro atoms. The molecular formula is C12H12F3NO3S. The Morgan fingerprint density at radius 2 is 1.85 bits per heavy atom. The summed E-state index contributed by atoms with van der Waals surface area (Å²) in [5, 5.41) is 11.1. The highest BCUT2D eigenvalue weighted by atomic mass is 32.2. The van der Waals surface area contributed by atoms with Gasteiger partial charge in [0.15, 0.2) is 0 Å². The molecule has 1 aromatic carbocycles. The first-order valence-corrected chi connectivity index (χ1v) is 6.44. The highest BCUT2D eigenvalue weighted by Gasteiger charge is 2.29. The highest BCUT2D eigenvalue weighted by molar-refractivity contribution is 8.00. The molecule has 2 N–H and O–H groups in total. The molecule has 1 rings (SSSR count). The summed E-state index contributed by atoms with van der Waals surface area (Å²) in [5.41, 5.74) is -4.28. The Labute approximate surface area is 117 Å². The first-order chi connectivity index (χ1) is 9.23. The van der Waals surface area contributed by atoms with Gasteiger partial charge in [0, 0.05) is 10.5 Å². The van der Waals surface area contributed by atoms with Crippen LogP contribution in [0.2, 0.25) is 0 Å². The van der Waals surface area contributed by atoms with Crippen molar-refractivity contribution in [2.24, 2.45) is 0 Å². The molecule has 4 nitrogen and oxygen atoms in total. The third-order valence-corrected chi connectivity index (χ3v) is 3.10.